The summed E-state index contributed by atoms with van der Waals surface area (Å²) in [4.78, 5) is 25.7. The van der Waals surface area contributed by atoms with E-state index in [0.717, 1.165) is 46.3 Å². The molecular weight excluding hydrogens is 538 g/mol. The maximum atomic E-state index is 14.0. The van der Waals surface area contributed by atoms with Gasteiger partial charge in [-0.05, 0) is 35.7 Å². The number of rotatable bonds is 10. The predicted molar refractivity (Wildman–Crippen MR) is 163 cm³/mol. The monoisotopic (exact) mass is 567 g/mol. The molecule has 40 heavy (non-hydrogen) atoms. The van der Waals surface area contributed by atoms with Gasteiger partial charge in [0.15, 0.2) is 0 Å². The summed E-state index contributed by atoms with van der Waals surface area (Å²) in [6, 6.07) is 24.6. The number of imidazole rings is 2. The van der Waals surface area contributed by atoms with Crippen molar-refractivity contribution in [2.75, 3.05) is 6.54 Å². The number of hydrogen-bond donors (Lipinski definition) is 0. The van der Waals surface area contributed by atoms with Crippen LogP contribution in [0.15, 0.2) is 91.5 Å². The maximum absolute atomic E-state index is 14.0. The van der Waals surface area contributed by atoms with E-state index in [1.807, 2.05) is 59.9 Å². The van der Waals surface area contributed by atoms with Crippen LogP contribution in [0.1, 0.15) is 46.4 Å². The van der Waals surface area contributed by atoms with Crippen molar-refractivity contribution in [1.82, 2.24) is 24.0 Å². The van der Waals surface area contributed by atoms with Crippen molar-refractivity contribution in [3.63, 3.8) is 0 Å². The van der Waals surface area contributed by atoms with Crippen molar-refractivity contribution < 1.29 is 4.79 Å². The second kappa shape index (κ2) is 11.7. The molecule has 0 spiro atoms. The quantitative estimate of drug-likeness (QED) is 0.171. The Kier molecular flexibility index (Phi) is 7.66. The molecule has 0 N–H and O–H groups in total. The van der Waals surface area contributed by atoms with Crippen molar-refractivity contribution in [3.8, 4) is 0 Å². The number of amides is 1. The second-order valence-corrected chi connectivity index (χ2v) is 11.4. The van der Waals surface area contributed by atoms with Crippen molar-refractivity contribution in [2.45, 2.75) is 39.4 Å². The molecule has 6 nitrogen and oxygen atoms in total. The van der Waals surface area contributed by atoms with Gasteiger partial charge < -0.3 is 14.0 Å². The standard InChI is InChI=1S/C32H30ClN5OS/c1-2-3-17-37(32(39)31-30(33)25-12-6-9-15-28(25)40-31)21-29-35-26-13-7-8-14-27(26)38(29)20-24-11-5-4-10-23(24)19-36-18-16-34-22-36/h4-16,18,22H,2-3,17,19-21H2,1H3. The van der Waals surface area contributed by atoms with Crippen LogP contribution in [0.25, 0.3) is 21.1 Å². The topological polar surface area (TPSA) is 56.0 Å². The van der Waals surface area contributed by atoms with Gasteiger partial charge >= 0.3 is 0 Å². The second-order valence-electron chi connectivity index (χ2n) is 9.93. The molecule has 0 aliphatic rings. The highest BCUT2D eigenvalue weighted by molar-refractivity contribution is 7.21. The number of unbranched alkanes of at least 4 members (excludes halogenated alkanes) is 1. The number of halogens is 1. The minimum atomic E-state index is -0.0428. The minimum absolute atomic E-state index is 0.0428. The van der Waals surface area contributed by atoms with E-state index in [2.05, 4.69) is 51.4 Å². The van der Waals surface area contributed by atoms with Gasteiger partial charge in [0.05, 0.1) is 28.9 Å². The summed E-state index contributed by atoms with van der Waals surface area (Å²) in [7, 11) is 0. The highest BCUT2D eigenvalue weighted by Gasteiger charge is 2.25. The van der Waals surface area contributed by atoms with Crippen LogP contribution in [0.3, 0.4) is 0 Å². The molecule has 0 aliphatic heterocycles. The Balaban J connectivity index is 1.37. The molecule has 0 fully saturated rings. The summed E-state index contributed by atoms with van der Waals surface area (Å²) < 4.78 is 5.35. The zero-order chi connectivity index (χ0) is 27.5. The van der Waals surface area contributed by atoms with Crippen molar-refractivity contribution in [2.24, 2.45) is 0 Å². The number of hydrogen-bond acceptors (Lipinski definition) is 4. The molecule has 0 aliphatic carbocycles. The molecule has 6 rings (SSSR count). The fourth-order valence-corrected chi connectivity index (χ4v) is 6.58. The number of fused-ring (bicyclic) bond motifs is 2. The zero-order valence-electron chi connectivity index (χ0n) is 22.3. The first-order valence-corrected chi connectivity index (χ1v) is 14.7. The van der Waals surface area contributed by atoms with E-state index in [1.165, 1.54) is 22.5 Å². The molecule has 8 heteroatoms. The summed E-state index contributed by atoms with van der Waals surface area (Å²) in [6.07, 6.45) is 7.51. The Labute approximate surface area is 242 Å². The Morgan fingerprint density at radius 2 is 1.73 bits per heavy atom. The van der Waals surface area contributed by atoms with Gasteiger partial charge in [-0.25, -0.2) is 9.97 Å². The van der Waals surface area contributed by atoms with Crippen molar-refractivity contribution in [3.05, 3.63) is 118 Å². The zero-order valence-corrected chi connectivity index (χ0v) is 23.9. The number of thiophene rings is 1. The Bertz CT molecular complexity index is 1770. The Morgan fingerprint density at radius 3 is 2.50 bits per heavy atom. The van der Waals surface area contributed by atoms with Crippen LogP contribution < -0.4 is 0 Å². The fraction of sp³-hybridized carbons (Fsp3) is 0.219. The third-order valence-electron chi connectivity index (χ3n) is 7.22. The van der Waals surface area contributed by atoms with Gasteiger partial charge in [0, 0.05) is 42.1 Å². The number of aromatic nitrogens is 4. The summed E-state index contributed by atoms with van der Waals surface area (Å²) in [5.74, 6) is 0.819. The number of nitrogens with zero attached hydrogens (tertiary/aromatic N) is 5. The van der Waals surface area contributed by atoms with E-state index >= 15 is 0 Å². The smallest absolute Gasteiger partial charge is 0.265 e. The summed E-state index contributed by atoms with van der Waals surface area (Å²) >= 11 is 8.21. The third kappa shape index (κ3) is 5.27. The predicted octanol–water partition coefficient (Wildman–Crippen LogP) is 7.64. The van der Waals surface area contributed by atoms with Crippen LogP contribution in [-0.2, 0) is 19.6 Å². The first kappa shape index (κ1) is 26.3. The summed E-state index contributed by atoms with van der Waals surface area (Å²) in [5, 5.41) is 1.46. The molecule has 6 aromatic rings. The van der Waals surface area contributed by atoms with Crippen LogP contribution in [0, 0.1) is 0 Å². The number of carbonyl (C=O) groups is 1. The van der Waals surface area contributed by atoms with Crippen molar-refractivity contribution in [1.29, 1.82) is 0 Å². The minimum Gasteiger partial charge on any atom is -0.333 e. The fourth-order valence-electron chi connectivity index (χ4n) is 5.10. The normalized spacial score (nSPS) is 11.4. The highest BCUT2D eigenvalue weighted by Crippen LogP contribution is 2.36. The van der Waals surface area contributed by atoms with E-state index in [1.54, 1.807) is 6.20 Å². The molecule has 3 heterocycles. The highest BCUT2D eigenvalue weighted by atomic mass is 35.5. The van der Waals surface area contributed by atoms with Gasteiger partial charge in [-0.3, -0.25) is 4.79 Å². The molecule has 0 unspecified atom stereocenters. The van der Waals surface area contributed by atoms with E-state index in [9.17, 15) is 4.79 Å². The van der Waals surface area contributed by atoms with Gasteiger partial charge in [0.25, 0.3) is 5.91 Å². The van der Waals surface area contributed by atoms with Gasteiger partial charge in [-0.1, -0.05) is 79.5 Å². The molecule has 3 aromatic carbocycles. The lowest BCUT2D eigenvalue weighted by Gasteiger charge is -2.23. The molecule has 0 radical (unpaired) electrons. The first-order chi connectivity index (χ1) is 19.6. The lowest BCUT2D eigenvalue weighted by Crippen LogP contribution is -2.32. The average molecular weight is 568 g/mol. The van der Waals surface area contributed by atoms with Crippen LogP contribution >= 0.6 is 22.9 Å². The van der Waals surface area contributed by atoms with Crippen LogP contribution in [0.5, 0.6) is 0 Å². The van der Waals surface area contributed by atoms with E-state index in [0.29, 0.717) is 29.5 Å². The molecule has 202 valence electrons. The SMILES string of the molecule is CCCCN(Cc1nc2ccccc2n1Cc1ccccc1Cn1ccnc1)C(=O)c1sc2ccccc2c1Cl. The van der Waals surface area contributed by atoms with Crippen LogP contribution in [0.2, 0.25) is 5.02 Å². The molecule has 0 saturated heterocycles. The third-order valence-corrected chi connectivity index (χ3v) is 8.89. The van der Waals surface area contributed by atoms with Gasteiger partial charge in [-0.15, -0.1) is 11.3 Å². The van der Waals surface area contributed by atoms with Crippen LogP contribution in [0.4, 0.5) is 0 Å². The molecular formula is C32H30ClN5OS. The van der Waals surface area contributed by atoms with Gasteiger partial charge in [0.1, 0.15) is 10.7 Å². The van der Waals surface area contributed by atoms with E-state index in [-0.39, 0.29) is 5.91 Å². The Hall–Kier alpha value is -3.94. The summed E-state index contributed by atoms with van der Waals surface area (Å²) in [5.41, 5.74) is 4.41. The molecule has 0 atom stereocenters. The largest absolute Gasteiger partial charge is 0.333 e. The molecule has 0 saturated carbocycles. The molecule has 3 aromatic heterocycles. The lowest BCUT2D eigenvalue weighted by atomic mass is 10.1. The molecule has 1 amide bonds. The van der Waals surface area contributed by atoms with Gasteiger partial charge in [0.2, 0.25) is 0 Å². The number of para-hydroxylation sites is 2. The van der Waals surface area contributed by atoms with E-state index < -0.39 is 0 Å². The first-order valence-electron chi connectivity index (χ1n) is 13.6. The van der Waals surface area contributed by atoms with Gasteiger partial charge in [-0.2, -0.15) is 0 Å². The average Bonchev–Trinajstić information content (AvgIpc) is 3.70. The molecule has 0 bridgehead atoms. The summed E-state index contributed by atoms with van der Waals surface area (Å²) in [6.45, 7) is 4.58. The maximum Gasteiger partial charge on any atom is 0.265 e. The Morgan fingerprint density at radius 1 is 0.975 bits per heavy atom. The number of benzene rings is 3. The number of carbonyl (C=O) groups excluding carboxylic acids is 1. The van der Waals surface area contributed by atoms with E-state index in [4.69, 9.17) is 16.6 Å². The van der Waals surface area contributed by atoms with Crippen molar-refractivity contribution >= 4 is 50.0 Å². The van der Waals surface area contributed by atoms with Crippen LogP contribution in [-0.4, -0.2) is 36.5 Å². The lowest BCUT2D eigenvalue weighted by molar-refractivity contribution is 0.0740.